The van der Waals surface area contributed by atoms with E-state index in [1.54, 1.807) is 0 Å². The maximum atomic E-state index is 5.73. The fraction of sp³-hybridized carbons (Fsp3) is 1.00. The molecule has 1 saturated heterocycles. The van der Waals surface area contributed by atoms with Gasteiger partial charge < -0.3 is 5.73 Å². The number of hydrogen-bond acceptors (Lipinski definition) is 3. The van der Waals surface area contributed by atoms with Crippen molar-refractivity contribution in [3.8, 4) is 0 Å². The monoisotopic (exact) mass is 163 g/mol. The minimum Gasteiger partial charge on any atom is -0.326 e. The molecule has 1 fully saturated rings. The maximum Gasteiger partial charge on any atom is 0.0650 e. The van der Waals surface area contributed by atoms with Crippen LogP contribution in [0.5, 0.6) is 0 Å². The Hall–Kier alpha value is 0.660. The van der Waals surface area contributed by atoms with Crippen LogP contribution in [-0.4, -0.2) is 22.1 Å². The number of hydrogen-bond donors (Lipinski definition) is 1. The zero-order chi connectivity index (χ0) is 6.69. The van der Waals surface area contributed by atoms with Crippen molar-refractivity contribution in [1.82, 2.24) is 0 Å². The molecular weight excluding hydrogens is 150 g/mol. The fourth-order valence-corrected chi connectivity index (χ4v) is 3.65. The van der Waals surface area contributed by atoms with Gasteiger partial charge in [-0.1, -0.05) is 0 Å². The standard InChI is InChI=1S/C6H13NS2/c1-5(7)6-8-3-2-4-9-6/h5-6H,2-4,7H2,1H3. The lowest BCUT2D eigenvalue weighted by Crippen LogP contribution is -2.28. The topological polar surface area (TPSA) is 26.0 Å². The Bertz CT molecular complexity index is 79.1. The van der Waals surface area contributed by atoms with E-state index in [2.05, 4.69) is 6.92 Å². The lowest BCUT2D eigenvalue weighted by molar-refractivity contribution is 0.811. The number of rotatable bonds is 1. The Morgan fingerprint density at radius 2 is 2.00 bits per heavy atom. The molecule has 1 atom stereocenters. The highest BCUT2D eigenvalue weighted by Gasteiger charge is 2.17. The summed E-state index contributed by atoms with van der Waals surface area (Å²) < 4.78 is 0.666. The van der Waals surface area contributed by atoms with Crippen LogP contribution in [0.25, 0.3) is 0 Å². The number of thioether (sulfide) groups is 2. The van der Waals surface area contributed by atoms with Crippen LogP contribution in [0.2, 0.25) is 0 Å². The Labute approximate surface area is 65.1 Å². The normalized spacial score (nSPS) is 26.0. The van der Waals surface area contributed by atoms with Crippen molar-refractivity contribution in [1.29, 1.82) is 0 Å². The third-order valence-corrected chi connectivity index (χ3v) is 4.66. The van der Waals surface area contributed by atoms with Gasteiger partial charge in [-0.25, -0.2) is 0 Å². The summed E-state index contributed by atoms with van der Waals surface area (Å²) in [4.78, 5) is 0. The van der Waals surface area contributed by atoms with Crippen LogP contribution in [0.4, 0.5) is 0 Å². The first-order valence-electron chi connectivity index (χ1n) is 3.29. The lowest BCUT2D eigenvalue weighted by Gasteiger charge is -2.23. The van der Waals surface area contributed by atoms with E-state index in [0.29, 0.717) is 10.6 Å². The summed E-state index contributed by atoms with van der Waals surface area (Å²) in [6.45, 7) is 2.09. The highest BCUT2D eigenvalue weighted by molar-refractivity contribution is 8.17. The molecule has 0 amide bonds. The van der Waals surface area contributed by atoms with Gasteiger partial charge in [-0.3, -0.25) is 0 Å². The van der Waals surface area contributed by atoms with E-state index in [1.807, 2.05) is 23.5 Å². The first kappa shape index (κ1) is 7.76. The van der Waals surface area contributed by atoms with Crippen LogP contribution in [0.3, 0.4) is 0 Å². The largest absolute Gasteiger partial charge is 0.326 e. The molecule has 0 radical (unpaired) electrons. The molecule has 0 bridgehead atoms. The second-order valence-electron chi connectivity index (χ2n) is 2.32. The Morgan fingerprint density at radius 1 is 1.44 bits per heavy atom. The summed E-state index contributed by atoms with van der Waals surface area (Å²) in [5.41, 5.74) is 5.73. The SMILES string of the molecule is CC(N)C1SCCCS1. The van der Waals surface area contributed by atoms with Gasteiger partial charge in [0.15, 0.2) is 0 Å². The molecule has 0 aromatic carbocycles. The van der Waals surface area contributed by atoms with Gasteiger partial charge >= 0.3 is 0 Å². The van der Waals surface area contributed by atoms with Crippen LogP contribution in [0.15, 0.2) is 0 Å². The summed E-state index contributed by atoms with van der Waals surface area (Å²) in [6, 6.07) is 0.361. The van der Waals surface area contributed by atoms with Crippen molar-refractivity contribution in [3.63, 3.8) is 0 Å². The smallest absolute Gasteiger partial charge is 0.0650 e. The molecule has 3 heteroatoms. The molecule has 0 saturated carbocycles. The molecule has 0 aromatic rings. The zero-order valence-corrected chi connectivity index (χ0v) is 7.30. The molecule has 1 rings (SSSR count). The molecular formula is C6H13NS2. The van der Waals surface area contributed by atoms with Crippen molar-refractivity contribution in [2.75, 3.05) is 11.5 Å². The average molecular weight is 163 g/mol. The van der Waals surface area contributed by atoms with Gasteiger partial charge in [0.25, 0.3) is 0 Å². The van der Waals surface area contributed by atoms with E-state index in [9.17, 15) is 0 Å². The molecule has 0 aliphatic carbocycles. The lowest BCUT2D eigenvalue weighted by atomic mass is 10.4. The average Bonchev–Trinajstić information content (AvgIpc) is 1.90. The predicted molar refractivity (Wildman–Crippen MR) is 47.0 cm³/mol. The highest BCUT2D eigenvalue weighted by atomic mass is 32.2. The minimum atomic E-state index is 0.361. The molecule has 1 aliphatic rings. The van der Waals surface area contributed by atoms with E-state index in [0.717, 1.165) is 0 Å². The molecule has 2 N–H and O–H groups in total. The first-order valence-corrected chi connectivity index (χ1v) is 5.39. The van der Waals surface area contributed by atoms with Crippen LogP contribution >= 0.6 is 23.5 Å². The van der Waals surface area contributed by atoms with Gasteiger partial charge in [-0.2, -0.15) is 0 Å². The summed E-state index contributed by atoms with van der Waals surface area (Å²) in [7, 11) is 0. The van der Waals surface area contributed by atoms with Gasteiger partial charge in [0, 0.05) is 6.04 Å². The second kappa shape index (κ2) is 3.74. The van der Waals surface area contributed by atoms with Gasteiger partial charge in [-0.15, -0.1) is 23.5 Å². The molecule has 0 spiro atoms. The van der Waals surface area contributed by atoms with Gasteiger partial charge in [0.05, 0.1) is 4.58 Å². The van der Waals surface area contributed by atoms with Crippen molar-refractivity contribution in [3.05, 3.63) is 0 Å². The quantitative estimate of drug-likeness (QED) is 0.635. The maximum absolute atomic E-state index is 5.73. The van der Waals surface area contributed by atoms with E-state index in [4.69, 9.17) is 5.73 Å². The molecule has 1 nitrogen and oxygen atoms in total. The third-order valence-electron chi connectivity index (χ3n) is 1.28. The molecule has 1 unspecified atom stereocenters. The van der Waals surface area contributed by atoms with Crippen LogP contribution in [-0.2, 0) is 0 Å². The van der Waals surface area contributed by atoms with Gasteiger partial charge in [-0.05, 0) is 24.9 Å². The van der Waals surface area contributed by atoms with E-state index >= 15 is 0 Å². The van der Waals surface area contributed by atoms with Crippen LogP contribution < -0.4 is 5.73 Å². The van der Waals surface area contributed by atoms with Crippen molar-refractivity contribution < 1.29 is 0 Å². The van der Waals surface area contributed by atoms with Crippen molar-refractivity contribution in [2.45, 2.75) is 24.0 Å². The minimum absolute atomic E-state index is 0.361. The van der Waals surface area contributed by atoms with Gasteiger partial charge in [0.2, 0.25) is 0 Å². The molecule has 9 heavy (non-hydrogen) atoms. The predicted octanol–water partition coefficient (Wildman–Crippen LogP) is 1.53. The Kier molecular flexibility index (Phi) is 3.22. The summed E-state index contributed by atoms with van der Waals surface area (Å²) >= 11 is 4.02. The Balaban J connectivity index is 2.23. The van der Waals surface area contributed by atoms with E-state index in [-0.39, 0.29) is 0 Å². The van der Waals surface area contributed by atoms with Crippen LogP contribution in [0.1, 0.15) is 13.3 Å². The number of nitrogens with two attached hydrogens (primary N) is 1. The van der Waals surface area contributed by atoms with Crippen molar-refractivity contribution >= 4 is 23.5 Å². The van der Waals surface area contributed by atoms with Crippen LogP contribution in [0, 0.1) is 0 Å². The van der Waals surface area contributed by atoms with E-state index in [1.165, 1.54) is 17.9 Å². The molecule has 0 aromatic heterocycles. The second-order valence-corrected chi connectivity index (χ2v) is 5.12. The first-order chi connectivity index (χ1) is 4.30. The van der Waals surface area contributed by atoms with Gasteiger partial charge in [0.1, 0.15) is 0 Å². The van der Waals surface area contributed by atoms with Crippen molar-refractivity contribution in [2.24, 2.45) is 5.73 Å². The summed E-state index contributed by atoms with van der Waals surface area (Å²) in [6.07, 6.45) is 1.36. The summed E-state index contributed by atoms with van der Waals surface area (Å²) in [5, 5.41) is 0. The summed E-state index contributed by atoms with van der Waals surface area (Å²) in [5.74, 6) is 2.61. The molecule has 1 heterocycles. The molecule has 1 aliphatic heterocycles. The Morgan fingerprint density at radius 3 is 2.33 bits per heavy atom. The molecule has 54 valence electrons. The fourth-order valence-electron chi connectivity index (χ4n) is 0.810. The van der Waals surface area contributed by atoms with E-state index < -0.39 is 0 Å². The third kappa shape index (κ3) is 2.40. The zero-order valence-electron chi connectivity index (χ0n) is 5.67. The highest BCUT2D eigenvalue weighted by Crippen LogP contribution is 2.31.